The van der Waals surface area contributed by atoms with E-state index in [0.29, 0.717) is 5.92 Å². The quantitative estimate of drug-likeness (QED) is 0.694. The molecular formula is C16H23N. The molecule has 0 amide bonds. The fraction of sp³-hybridized carbons (Fsp3) is 0.562. The lowest BCUT2D eigenvalue weighted by molar-refractivity contribution is 0.555. The Kier molecular flexibility index (Phi) is 5.77. The lowest BCUT2D eigenvalue weighted by Crippen LogP contribution is -2.00. The summed E-state index contributed by atoms with van der Waals surface area (Å²) in [5.41, 5.74) is 2.55. The molecule has 0 saturated carbocycles. The van der Waals surface area contributed by atoms with Crippen LogP contribution >= 0.6 is 0 Å². The van der Waals surface area contributed by atoms with Gasteiger partial charge in [0.15, 0.2) is 0 Å². The zero-order chi connectivity index (χ0) is 12.7. The molecule has 1 rings (SSSR count). The van der Waals surface area contributed by atoms with Crippen molar-refractivity contribution in [2.24, 2.45) is 5.92 Å². The smallest absolute Gasteiger partial charge is 0.0715 e. The van der Waals surface area contributed by atoms with Crippen molar-refractivity contribution >= 4 is 0 Å². The summed E-state index contributed by atoms with van der Waals surface area (Å²) < 4.78 is 0. The lowest BCUT2D eigenvalue weighted by Gasteiger charge is -2.12. The summed E-state index contributed by atoms with van der Waals surface area (Å²) in [4.78, 5) is 0. The average molecular weight is 229 g/mol. The number of nitriles is 1. The van der Waals surface area contributed by atoms with Gasteiger partial charge in [0.2, 0.25) is 0 Å². The van der Waals surface area contributed by atoms with E-state index in [1.165, 1.54) is 24.0 Å². The van der Waals surface area contributed by atoms with E-state index in [1.54, 1.807) is 0 Å². The van der Waals surface area contributed by atoms with Crippen molar-refractivity contribution in [1.82, 2.24) is 0 Å². The van der Waals surface area contributed by atoms with E-state index >= 15 is 0 Å². The van der Waals surface area contributed by atoms with Gasteiger partial charge in [0.25, 0.3) is 0 Å². The predicted molar refractivity (Wildman–Crippen MR) is 72.9 cm³/mol. The van der Waals surface area contributed by atoms with Gasteiger partial charge in [0, 0.05) is 0 Å². The molecule has 1 nitrogen and oxygen atoms in total. The summed E-state index contributed by atoms with van der Waals surface area (Å²) in [6.07, 6.45) is 4.58. The van der Waals surface area contributed by atoms with Crippen LogP contribution in [-0.4, -0.2) is 0 Å². The zero-order valence-electron chi connectivity index (χ0n) is 11.2. The summed E-state index contributed by atoms with van der Waals surface area (Å²) >= 11 is 0. The Morgan fingerprint density at radius 2 is 1.82 bits per heavy atom. The monoisotopic (exact) mass is 229 g/mol. The molecule has 0 bridgehead atoms. The molecule has 0 fully saturated rings. The molecule has 0 aromatic heterocycles. The van der Waals surface area contributed by atoms with Gasteiger partial charge in [0.05, 0.1) is 12.0 Å². The number of nitrogens with zero attached hydrogens (tertiary/aromatic N) is 1. The number of hydrogen-bond donors (Lipinski definition) is 0. The SMILES string of the molecule is CCCCc1ccc(C(C#N)CC(C)C)cc1. The first-order valence-corrected chi connectivity index (χ1v) is 6.65. The first kappa shape index (κ1) is 13.8. The van der Waals surface area contributed by atoms with E-state index in [-0.39, 0.29) is 5.92 Å². The standard InChI is InChI=1S/C16H23N/c1-4-5-6-14-7-9-15(10-8-14)16(12-17)11-13(2)3/h7-10,13,16H,4-6,11H2,1-3H3. The minimum atomic E-state index is 0.0511. The topological polar surface area (TPSA) is 23.8 Å². The molecule has 1 heteroatoms. The Hall–Kier alpha value is -1.29. The fourth-order valence-corrected chi connectivity index (χ4v) is 2.03. The fourth-order valence-electron chi connectivity index (χ4n) is 2.03. The number of unbranched alkanes of at least 4 members (excludes halogenated alkanes) is 1. The third kappa shape index (κ3) is 4.61. The van der Waals surface area contributed by atoms with Gasteiger partial charge in [-0.05, 0) is 36.3 Å². The highest BCUT2D eigenvalue weighted by atomic mass is 14.3. The van der Waals surface area contributed by atoms with Gasteiger partial charge in [-0.2, -0.15) is 5.26 Å². The lowest BCUT2D eigenvalue weighted by atomic mass is 9.91. The molecule has 0 aliphatic rings. The highest BCUT2D eigenvalue weighted by Gasteiger charge is 2.12. The first-order valence-electron chi connectivity index (χ1n) is 6.65. The molecule has 0 radical (unpaired) electrons. The highest BCUT2D eigenvalue weighted by molar-refractivity contribution is 5.28. The molecule has 0 N–H and O–H groups in total. The summed E-state index contributed by atoms with van der Waals surface area (Å²) in [7, 11) is 0. The van der Waals surface area contributed by atoms with E-state index in [4.69, 9.17) is 0 Å². The Bertz CT molecular complexity index is 356. The van der Waals surface area contributed by atoms with Gasteiger partial charge in [-0.3, -0.25) is 0 Å². The van der Waals surface area contributed by atoms with E-state index in [2.05, 4.69) is 51.1 Å². The maximum absolute atomic E-state index is 9.19. The Morgan fingerprint density at radius 3 is 2.29 bits per heavy atom. The van der Waals surface area contributed by atoms with Crippen molar-refractivity contribution < 1.29 is 0 Å². The number of rotatable bonds is 6. The second-order valence-electron chi connectivity index (χ2n) is 5.16. The van der Waals surface area contributed by atoms with Crippen LogP contribution in [0.25, 0.3) is 0 Å². The van der Waals surface area contributed by atoms with Gasteiger partial charge in [-0.1, -0.05) is 51.5 Å². The molecule has 92 valence electrons. The minimum absolute atomic E-state index is 0.0511. The molecule has 0 heterocycles. The van der Waals surface area contributed by atoms with Crippen molar-refractivity contribution in [2.75, 3.05) is 0 Å². The van der Waals surface area contributed by atoms with Crippen molar-refractivity contribution in [3.8, 4) is 6.07 Å². The van der Waals surface area contributed by atoms with Crippen molar-refractivity contribution in [1.29, 1.82) is 5.26 Å². The molecule has 1 aromatic rings. The number of aryl methyl sites for hydroxylation is 1. The van der Waals surface area contributed by atoms with Crippen LogP contribution in [0.4, 0.5) is 0 Å². The van der Waals surface area contributed by atoms with Crippen LogP contribution < -0.4 is 0 Å². The zero-order valence-corrected chi connectivity index (χ0v) is 11.2. The van der Waals surface area contributed by atoms with Crippen LogP contribution in [0.15, 0.2) is 24.3 Å². The van der Waals surface area contributed by atoms with Gasteiger partial charge < -0.3 is 0 Å². The minimum Gasteiger partial charge on any atom is -0.198 e. The van der Waals surface area contributed by atoms with Crippen molar-refractivity contribution in [2.45, 2.75) is 52.4 Å². The number of hydrogen-bond acceptors (Lipinski definition) is 1. The largest absolute Gasteiger partial charge is 0.198 e. The molecule has 0 saturated heterocycles. The number of benzene rings is 1. The van der Waals surface area contributed by atoms with Gasteiger partial charge in [0.1, 0.15) is 0 Å². The highest BCUT2D eigenvalue weighted by Crippen LogP contribution is 2.23. The van der Waals surface area contributed by atoms with Crippen LogP contribution in [0.2, 0.25) is 0 Å². The van der Waals surface area contributed by atoms with E-state index in [1.807, 2.05) is 0 Å². The maximum Gasteiger partial charge on any atom is 0.0715 e. The summed E-state index contributed by atoms with van der Waals surface area (Å²) in [6, 6.07) is 11.0. The van der Waals surface area contributed by atoms with Crippen LogP contribution in [0.5, 0.6) is 0 Å². The van der Waals surface area contributed by atoms with E-state index in [0.717, 1.165) is 12.8 Å². The Morgan fingerprint density at radius 1 is 1.18 bits per heavy atom. The Balaban J connectivity index is 2.68. The average Bonchev–Trinajstić information content (AvgIpc) is 2.34. The molecule has 0 aliphatic heterocycles. The van der Waals surface area contributed by atoms with Gasteiger partial charge >= 0.3 is 0 Å². The molecule has 1 atom stereocenters. The van der Waals surface area contributed by atoms with Crippen molar-refractivity contribution in [3.05, 3.63) is 35.4 Å². The summed E-state index contributed by atoms with van der Waals surface area (Å²) in [6.45, 7) is 6.54. The maximum atomic E-state index is 9.19. The third-order valence-corrected chi connectivity index (χ3v) is 3.06. The normalized spacial score (nSPS) is 12.4. The Labute approximate surface area is 105 Å². The van der Waals surface area contributed by atoms with Gasteiger partial charge in [-0.15, -0.1) is 0 Å². The second-order valence-corrected chi connectivity index (χ2v) is 5.16. The van der Waals surface area contributed by atoms with Crippen LogP contribution in [0.1, 0.15) is 57.1 Å². The second kappa shape index (κ2) is 7.12. The molecular weight excluding hydrogens is 206 g/mol. The van der Waals surface area contributed by atoms with Gasteiger partial charge in [-0.25, -0.2) is 0 Å². The third-order valence-electron chi connectivity index (χ3n) is 3.06. The first-order chi connectivity index (χ1) is 8.17. The van der Waals surface area contributed by atoms with Crippen LogP contribution in [-0.2, 0) is 6.42 Å². The van der Waals surface area contributed by atoms with Crippen molar-refractivity contribution in [3.63, 3.8) is 0 Å². The predicted octanol–water partition coefficient (Wildman–Crippen LogP) is 4.68. The van der Waals surface area contributed by atoms with Crippen LogP contribution in [0.3, 0.4) is 0 Å². The molecule has 17 heavy (non-hydrogen) atoms. The van der Waals surface area contributed by atoms with E-state index in [9.17, 15) is 5.26 Å². The molecule has 0 aliphatic carbocycles. The molecule has 0 spiro atoms. The summed E-state index contributed by atoms with van der Waals surface area (Å²) in [5, 5.41) is 9.19. The van der Waals surface area contributed by atoms with Crippen LogP contribution in [0, 0.1) is 17.2 Å². The molecule has 1 aromatic carbocycles. The molecule has 1 unspecified atom stereocenters. The van der Waals surface area contributed by atoms with E-state index < -0.39 is 0 Å². The summed E-state index contributed by atoms with van der Waals surface area (Å²) in [5.74, 6) is 0.620.